The van der Waals surface area contributed by atoms with Gasteiger partial charge in [-0.25, -0.2) is 9.78 Å². The summed E-state index contributed by atoms with van der Waals surface area (Å²) in [6, 6.07) is 0.236. The van der Waals surface area contributed by atoms with Gasteiger partial charge in [-0.3, -0.25) is 19.2 Å². The van der Waals surface area contributed by atoms with Crippen LogP contribution in [0.25, 0.3) is 0 Å². The molecule has 15 nitrogen and oxygen atoms in total. The third-order valence-corrected chi connectivity index (χ3v) is 5.42. The number of rotatable bonds is 15. The van der Waals surface area contributed by atoms with Crippen LogP contribution in [0.3, 0.4) is 0 Å². The van der Waals surface area contributed by atoms with E-state index in [0.717, 1.165) is 0 Å². The van der Waals surface area contributed by atoms with Crippen LogP contribution in [-0.2, 0) is 36.8 Å². The lowest BCUT2D eigenvalue weighted by molar-refractivity contribution is -0.143. The number of aromatic amines is 1. The predicted octanol–water partition coefficient (Wildman–Crippen LogP) is -2.38. The van der Waals surface area contributed by atoms with Crippen molar-refractivity contribution < 1.29 is 44.4 Å². The average Bonchev–Trinajstić information content (AvgIpc) is 3.38. The van der Waals surface area contributed by atoms with Crippen LogP contribution in [0.2, 0.25) is 0 Å². The van der Waals surface area contributed by atoms with E-state index in [2.05, 4.69) is 25.9 Å². The predicted molar refractivity (Wildman–Crippen MR) is 129 cm³/mol. The molecule has 0 spiro atoms. The monoisotopic (exact) mass is 534 g/mol. The highest BCUT2D eigenvalue weighted by atomic mass is 16.4. The Labute approximate surface area is 216 Å². The van der Waals surface area contributed by atoms with Gasteiger partial charge in [0.1, 0.15) is 23.9 Å². The van der Waals surface area contributed by atoms with Gasteiger partial charge in [-0.15, -0.1) is 0 Å². The summed E-state index contributed by atoms with van der Waals surface area (Å²) in [5, 5.41) is 43.9. The number of aliphatic hydroxyl groups is 1. The first-order chi connectivity index (χ1) is 18.0. The molecule has 4 unspecified atom stereocenters. The molecule has 0 radical (unpaired) electrons. The largest absolute Gasteiger partial charge is 0.508 e. The smallest absolute Gasteiger partial charge is 0.328 e. The number of benzene rings is 1. The van der Waals surface area contributed by atoms with E-state index in [-0.39, 0.29) is 31.4 Å². The van der Waals surface area contributed by atoms with Crippen molar-refractivity contribution in [3.63, 3.8) is 0 Å². The van der Waals surface area contributed by atoms with Gasteiger partial charge in [0.25, 0.3) is 0 Å². The van der Waals surface area contributed by atoms with E-state index in [4.69, 9.17) is 10.8 Å². The number of phenols is 1. The fraction of sp³-hybridized carbons (Fsp3) is 0.391. The molecule has 1 heterocycles. The second kappa shape index (κ2) is 14.3. The number of carboxylic acids is 2. The maximum atomic E-state index is 13.3. The van der Waals surface area contributed by atoms with E-state index in [1.165, 1.54) is 36.8 Å². The third kappa shape index (κ3) is 9.51. The Bertz CT molecular complexity index is 1110. The number of nitrogens with one attached hydrogen (secondary N) is 4. The van der Waals surface area contributed by atoms with Crippen molar-refractivity contribution in [3.05, 3.63) is 48.0 Å². The standard InChI is InChI=1S/C23H30N6O9/c24-15(5-6-19(32)33)20(34)27-17(8-13-9-25-11-26-13)22(36)28-16(7-12-1-3-14(31)4-2-12)21(35)29-18(10-30)23(37)38/h1-4,9,11,15-18,30-31H,5-8,10,24H2,(H,25,26)(H,27,34)(H,28,36)(H,29,35)(H,32,33)(H,37,38). The van der Waals surface area contributed by atoms with Gasteiger partial charge in [0.2, 0.25) is 17.7 Å². The Hall–Kier alpha value is -4.50. The first kappa shape index (κ1) is 29.7. The minimum Gasteiger partial charge on any atom is -0.508 e. The number of aromatic nitrogens is 2. The maximum absolute atomic E-state index is 13.3. The first-order valence-electron chi connectivity index (χ1n) is 11.5. The molecule has 0 fully saturated rings. The van der Waals surface area contributed by atoms with Gasteiger partial charge >= 0.3 is 11.9 Å². The molecule has 0 bridgehead atoms. The average molecular weight is 535 g/mol. The van der Waals surface area contributed by atoms with Crippen molar-refractivity contribution in [2.75, 3.05) is 6.61 Å². The molecular formula is C23H30N6O9. The van der Waals surface area contributed by atoms with E-state index in [1.54, 1.807) is 0 Å². The molecule has 206 valence electrons. The number of nitrogens with zero attached hydrogens (tertiary/aromatic N) is 1. The van der Waals surface area contributed by atoms with E-state index in [0.29, 0.717) is 11.3 Å². The highest BCUT2D eigenvalue weighted by molar-refractivity contribution is 5.94. The number of aromatic hydroxyl groups is 1. The van der Waals surface area contributed by atoms with Crippen molar-refractivity contribution in [1.29, 1.82) is 0 Å². The summed E-state index contributed by atoms with van der Waals surface area (Å²) in [5.41, 5.74) is 6.72. The maximum Gasteiger partial charge on any atom is 0.328 e. The summed E-state index contributed by atoms with van der Waals surface area (Å²) in [6.45, 7) is -0.895. The fourth-order valence-corrected chi connectivity index (χ4v) is 3.32. The summed E-state index contributed by atoms with van der Waals surface area (Å²) in [7, 11) is 0. The van der Waals surface area contributed by atoms with Crippen molar-refractivity contribution in [2.45, 2.75) is 49.9 Å². The number of phenolic OH excluding ortho intramolecular Hbond substituents is 1. The number of hydrogen-bond acceptors (Lipinski definition) is 9. The van der Waals surface area contributed by atoms with Crippen molar-refractivity contribution >= 4 is 29.7 Å². The second-order valence-electron chi connectivity index (χ2n) is 8.39. The minimum absolute atomic E-state index is 0.0356. The van der Waals surface area contributed by atoms with Crippen molar-refractivity contribution in [2.24, 2.45) is 5.73 Å². The van der Waals surface area contributed by atoms with Crippen LogP contribution in [0.15, 0.2) is 36.8 Å². The number of H-pyrrole nitrogens is 1. The zero-order valence-corrected chi connectivity index (χ0v) is 20.2. The van der Waals surface area contributed by atoms with Gasteiger partial charge in [-0.05, 0) is 24.1 Å². The van der Waals surface area contributed by atoms with E-state index in [1.807, 2.05) is 0 Å². The van der Waals surface area contributed by atoms with Crippen molar-refractivity contribution in [3.8, 4) is 5.75 Å². The number of carbonyl (C=O) groups excluding carboxylic acids is 3. The molecule has 2 aromatic rings. The Morgan fingerprint density at radius 3 is 2.00 bits per heavy atom. The fourth-order valence-electron chi connectivity index (χ4n) is 3.32. The molecule has 2 rings (SSSR count). The van der Waals surface area contributed by atoms with Crippen molar-refractivity contribution in [1.82, 2.24) is 25.9 Å². The minimum atomic E-state index is -1.63. The molecule has 15 heteroatoms. The highest BCUT2D eigenvalue weighted by Gasteiger charge is 2.31. The van der Waals surface area contributed by atoms with Crippen LogP contribution in [-0.4, -0.2) is 90.8 Å². The Morgan fingerprint density at radius 1 is 0.895 bits per heavy atom. The number of hydrogen-bond donors (Lipinski definition) is 9. The highest BCUT2D eigenvalue weighted by Crippen LogP contribution is 2.12. The number of aliphatic carboxylic acids is 2. The van der Waals surface area contributed by atoms with Crippen LogP contribution in [0.4, 0.5) is 0 Å². The van der Waals surface area contributed by atoms with E-state index in [9.17, 15) is 39.3 Å². The summed E-state index contributed by atoms with van der Waals surface area (Å²) < 4.78 is 0. The summed E-state index contributed by atoms with van der Waals surface area (Å²) in [5.74, 6) is -5.21. The Kier molecular flexibility index (Phi) is 11.2. The van der Waals surface area contributed by atoms with Gasteiger partial charge in [-0.2, -0.15) is 0 Å². The first-order valence-corrected chi connectivity index (χ1v) is 11.5. The van der Waals surface area contributed by atoms with Crippen LogP contribution < -0.4 is 21.7 Å². The second-order valence-corrected chi connectivity index (χ2v) is 8.39. The molecule has 10 N–H and O–H groups in total. The number of imidazole rings is 1. The summed E-state index contributed by atoms with van der Waals surface area (Å²) in [4.78, 5) is 67.5. The lowest BCUT2D eigenvalue weighted by atomic mass is 10.0. The normalized spacial score (nSPS) is 13.9. The van der Waals surface area contributed by atoms with Gasteiger partial charge in [0.15, 0.2) is 0 Å². The SMILES string of the molecule is NC(CCC(=O)O)C(=O)NC(Cc1cnc[nH]1)C(=O)NC(Cc1ccc(O)cc1)C(=O)NC(CO)C(=O)O. The van der Waals surface area contributed by atoms with Gasteiger partial charge in [0, 0.05) is 31.2 Å². The number of carboxylic acid groups (broad SMARTS) is 2. The molecule has 0 saturated carbocycles. The zero-order valence-electron chi connectivity index (χ0n) is 20.2. The molecular weight excluding hydrogens is 504 g/mol. The van der Waals surface area contributed by atoms with Gasteiger partial charge in [0.05, 0.1) is 19.0 Å². The number of amides is 3. The molecule has 38 heavy (non-hydrogen) atoms. The molecule has 0 aliphatic heterocycles. The molecule has 1 aromatic heterocycles. The topological polar surface area (TPSA) is 257 Å². The van der Waals surface area contributed by atoms with Gasteiger partial charge < -0.3 is 47.1 Å². The molecule has 1 aromatic carbocycles. The van der Waals surface area contributed by atoms with E-state index < -0.39 is 60.4 Å². The summed E-state index contributed by atoms with van der Waals surface area (Å²) in [6.07, 6.45) is 2.01. The Balaban J connectivity index is 2.25. The number of carbonyl (C=O) groups is 5. The molecule has 3 amide bonds. The van der Waals surface area contributed by atoms with Crippen LogP contribution in [0.1, 0.15) is 24.1 Å². The third-order valence-electron chi connectivity index (χ3n) is 5.42. The van der Waals surface area contributed by atoms with Crippen LogP contribution in [0, 0.1) is 0 Å². The lowest BCUT2D eigenvalue weighted by Crippen LogP contribution is -2.58. The number of nitrogens with two attached hydrogens (primary N) is 1. The Morgan fingerprint density at radius 2 is 1.47 bits per heavy atom. The molecule has 0 saturated heterocycles. The quantitative estimate of drug-likeness (QED) is 0.117. The zero-order chi connectivity index (χ0) is 28.2. The molecule has 0 aliphatic rings. The van der Waals surface area contributed by atoms with Crippen LogP contribution in [0.5, 0.6) is 5.75 Å². The number of aliphatic hydroxyl groups excluding tert-OH is 1. The molecule has 0 aliphatic carbocycles. The van der Waals surface area contributed by atoms with E-state index >= 15 is 0 Å². The van der Waals surface area contributed by atoms with Gasteiger partial charge in [-0.1, -0.05) is 12.1 Å². The molecule has 4 atom stereocenters. The summed E-state index contributed by atoms with van der Waals surface area (Å²) >= 11 is 0. The van der Waals surface area contributed by atoms with Crippen LogP contribution >= 0.6 is 0 Å². The lowest BCUT2D eigenvalue weighted by Gasteiger charge is -2.25.